The second-order valence-electron chi connectivity index (χ2n) is 5.19. The summed E-state index contributed by atoms with van der Waals surface area (Å²) in [4.78, 5) is 12.3. The number of nitrogens with one attached hydrogen (secondary N) is 1. The molecule has 1 aliphatic carbocycles. The van der Waals surface area contributed by atoms with Crippen LogP contribution in [0.4, 0.5) is 0 Å². The molecule has 1 fully saturated rings. The lowest BCUT2D eigenvalue weighted by molar-refractivity contribution is 0.0941. The third-order valence-electron chi connectivity index (χ3n) is 3.86. The lowest BCUT2D eigenvalue weighted by Gasteiger charge is -2.16. The Morgan fingerprint density at radius 1 is 1.35 bits per heavy atom. The maximum atomic E-state index is 12.3. The number of halogens is 1. The van der Waals surface area contributed by atoms with Crippen molar-refractivity contribution in [3.05, 3.63) is 23.8 Å². The van der Waals surface area contributed by atoms with Gasteiger partial charge in [0, 0.05) is 12.4 Å². The van der Waals surface area contributed by atoms with Crippen LogP contribution in [0.25, 0.3) is 0 Å². The van der Waals surface area contributed by atoms with Crippen molar-refractivity contribution in [1.82, 2.24) is 5.32 Å². The molecule has 2 rings (SSSR count). The van der Waals surface area contributed by atoms with Crippen LogP contribution >= 0.6 is 11.6 Å². The summed E-state index contributed by atoms with van der Waals surface area (Å²) in [6.45, 7) is 0.666. The fraction of sp³-hybridized carbons (Fsp3) is 0.533. The van der Waals surface area contributed by atoms with Crippen molar-refractivity contribution in [3.8, 4) is 11.5 Å². The van der Waals surface area contributed by atoms with Crippen molar-refractivity contribution in [2.75, 3.05) is 26.6 Å². The maximum Gasteiger partial charge on any atom is 0.255 e. The Bertz CT molecular complexity index is 486. The summed E-state index contributed by atoms with van der Waals surface area (Å²) >= 11 is 5.80. The average Bonchev–Trinajstić information content (AvgIpc) is 3.24. The number of hydrogen-bond acceptors (Lipinski definition) is 3. The van der Waals surface area contributed by atoms with E-state index in [4.69, 9.17) is 21.1 Å². The smallest absolute Gasteiger partial charge is 0.255 e. The van der Waals surface area contributed by atoms with Gasteiger partial charge in [-0.05, 0) is 42.9 Å². The Morgan fingerprint density at radius 3 is 2.65 bits per heavy atom. The van der Waals surface area contributed by atoms with E-state index in [1.165, 1.54) is 0 Å². The van der Waals surface area contributed by atoms with Crippen molar-refractivity contribution in [2.24, 2.45) is 5.41 Å². The van der Waals surface area contributed by atoms with Crippen molar-refractivity contribution < 1.29 is 14.3 Å². The van der Waals surface area contributed by atoms with Crippen molar-refractivity contribution in [1.29, 1.82) is 0 Å². The summed E-state index contributed by atoms with van der Waals surface area (Å²) in [5, 5.41) is 2.98. The van der Waals surface area contributed by atoms with Gasteiger partial charge in [-0.3, -0.25) is 4.79 Å². The van der Waals surface area contributed by atoms with Gasteiger partial charge in [0.1, 0.15) is 11.5 Å². The highest BCUT2D eigenvalue weighted by Crippen LogP contribution is 2.48. The standard InChI is InChI=1S/C15H20ClNO3/c1-19-11-3-4-13(20-2)12(9-11)14(18)17-10-15(5-6-15)7-8-16/h3-4,9H,5-8,10H2,1-2H3,(H,17,18). The molecule has 1 aromatic rings. The molecule has 4 nitrogen and oxygen atoms in total. The number of amides is 1. The molecule has 0 bridgehead atoms. The van der Waals surface area contributed by atoms with Gasteiger partial charge in [-0.2, -0.15) is 0 Å². The van der Waals surface area contributed by atoms with Gasteiger partial charge in [-0.25, -0.2) is 0 Å². The number of alkyl halides is 1. The van der Waals surface area contributed by atoms with Gasteiger partial charge in [0.25, 0.3) is 5.91 Å². The summed E-state index contributed by atoms with van der Waals surface area (Å²) in [5.41, 5.74) is 0.706. The van der Waals surface area contributed by atoms with Gasteiger partial charge < -0.3 is 14.8 Å². The molecular weight excluding hydrogens is 278 g/mol. The zero-order valence-electron chi connectivity index (χ0n) is 11.9. The molecule has 1 saturated carbocycles. The number of benzene rings is 1. The van der Waals surface area contributed by atoms with Crippen LogP contribution in [0.5, 0.6) is 11.5 Å². The number of ether oxygens (including phenoxy) is 2. The Hall–Kier alpha value is -1.42. The molecule has 20 heavy (non-hydrogen) atoms. The molecule has 1 aliphatic rings. The summed E-state index contributed by atoms with van der Waals surface area (Å²) in [6, 6.07) is 5.19. The highest BCUT2D eigenvalue weighted by molar-refractivity contribution is 6.17. The van der Waals surface area contributed by atoms with Crippen LogP contribution in [0.1, 0.15) is 29.6 Å². The minimum absolute atomic E-state index is 0.137. The number of methoxy groups -OCH3 is 2. The normalized spacial score (nSPS) is 15.6. The van der Waals surface area contributed by atoms with Crippen molar-refractivity contribution in [2.45, 2.75) is 19.3 Å². The molecule has 0 spiro atoms. The molecule has 0 unspecified atom stereocenters. The van der Waals surface area contributed by atoms with E-state index in [1.807, 2.05) is 0 Å². The number of hydrogen-bond donors (Lipinski definition) is 1. The van der Waals surface area contributed by atoms with Crippen LogP contribution in [0.3, 0.4) is 0 Å². The van der Waals surface area contributed by atoms with E-state index in [9.17, 15) is 4.79 Å². The highest BCUT2D eigenvalue weighted by atomic mass is 35.5. The number of rotatable bonds is 7. The van der Waals surface area contributed by atoms with Gasteiger partial charge in [0.2, 0.25) is 0 Å². The van der Waals surface area contributed by atoms with Crippen molar-refractivity contribution in [3.63, 3.8) is 0 Å². The first-order valence-corrected chi connectivity index (χ1v) is 7.24. The van der Waals surface area contributed by atoms with Crippen LogP contribution in [-0.4, -0.2) is 32.6 Å². The Morgan fingerprint density at radius 2 is 2.10 bits per heavy atom. The first-order valence-electron chi connectivity index (χ1n) is 6.70. The quantitative estimate of drug-likeness (QED) is 0.787. The van der Waals surface area contributed by atoms with Crippen LogP contribution < -0.4 is 14.8 Å². The third kappa shape index (κ3) is 3.37. The molecule has 1 aromatic carbocycles. The first-order chi connectivity index (χ1) is 9.64. The summed E-state index contributed by atoms with van der Waals surface area (Å²) in [5.74, 6) is 1.68. The third-order valence-corrected chi connectivity index (χ3v) is 4.05. The van der Waals surface area contributed by atoms with Crippen LogP contribution in [-0.2, 0) is 0 Å². The van der Waals surface area contributed by atoms with E-state index >= 15 is 0 Å². The van der Waals surface area contributed by atoms with E-state index in [0.29, 0.717) is 29.5 Å². The van der Waals surface area contributed by atoms with E-state index in [0.717, 1.165) is 19.3 Å². The van der Waals surface area contributed by atoms with Gasteiger partial charge in [-0.1, -0.05) is 0 Å². The molecule has 0 heterocycles. The van der Waals surface area contributed by atoms with Gasteiger partial charge >= 0.3 is 0 Å². The van der Waals surface area contributed by atoms with Crippen LogP contribution in [0.2, 0.25) is 0 Å². The predicted octanol–water partition coefficient (Wildman–Crippen LogP) is 2.84. The SMILES string of the molecule is COc1ccc(OC)c(C(=O)NCC2(CCCl)CC2)c1. The Balaban J connectivity index is 2.04. The molecular formula is C15H20ClNO3. The van der Waals surface area contributed by atoms with Crippen LogP contribution in [0, 0.1) is 5.41 Å². The minimum atomic E-state index is -0.137. The monoisotopic (exact) mass is 297 g/mol. The Labute approximate surface area is 124 Å². The summed E-state index contributed by atoms with van der Waals surface area (Å²) in [6.07, 6.45) is 3.22. The fourth-order valence-corrected chi connectivity index (χ4v) is 2.65. The van der Waals surface area contributed by atoms with Gasteiger partial charge in [0.05, 0.1) is 19.8 Å². The zero-order valence-corrected chi connectivity index (χ0v) is 12.6. The fourth-order valence-electron chi connectivity index (χ4n) is 2.25. The molecule has 1 N–H and O–H groups in total. The topological polar surface area (TPSA) is 47.6 Å². The van der Waals surface area contributed by atoms with E-state index in [-0.39, 0.29) is 11.3 Å². The maximum absolute atomic E-state index is 12.3. The molecule has 0 atom stereocenters. The highest BCUT2D eigenvalue weighted by Gasteiger charge is 2.41. The molecule has 0 aliphatic heterocycles. The molecule has 0 saturated heterocycles. The average molecular weight is 298 g/mol. The molecule has 0 radical (unpaired) electrons. The summed E-state index contributed by atoms with van der Waals surface area (Å²) in [7, 11) is 3.12. The lowest BCUT2D eigenvalue weighted by atomic mass is 10.0. The van der Waals surface area contributed by atoms with Gasteiger partial charge in [0.15, 0.2) is 0 Å². The molecule has 110 valence electrons. The van der Waals surface area contributed by atoms with Gasteiger partial charge in [-0.15, -0.1) is 11.6 Å². The lowest BCUT2D eigenvalue weighted by Crippen LogP contribution is -2.30. The van der Waals surface area contributed by atoms with Crippen LogP contribution in [0.15, 0.2) is 18.2 Å². The number of carbonyl (C=O) groups excluding carboxylic acids is 1. The van der Waals surface area contributed by atoms with E-state index < -0.39 is 0 Å². The molecule has 0 aromatic heterocycles. The summed E-state index contributed by atoms with van der Waals surface area (Å²) < 4.78 is 10.4. The van der Waals surface area contributed by atoms with E-state index in [1.54, 1.807) is 32.4 Å². The number of carbonyl (C=O) groups is 1. The van der Waals surface area contributed by atoms with Crippen molar-refractivity contribution >= 4 is 17.5 Å². The predicted molar refractivity (Wildman–Crippen MR) is 78.9 cm³/mol. The largest absolute Gasteiger partial charge is 0.497 e. The van der Waals surface area contributed by atoms with E-state index in [2.05, 4.69) is 5.32 Å². The second kappa shape index (κ2) is 6.35. The first kappa shape index (κ1) is 15.0. The molecule has 5 heteroatoms. The Kier molecular flexibility index (Phi) is 4.76. The zero-order chi connectivity index (χ0) is 14.6. The second-order valence-corrected chi connectivity index (χ2v) is 5.57. The minimum Gasteiger partial charge on any atom is -0.497 e. The molecule has 1 amide bonds.